The second kappa shape index (κ2) is 3.17. The molecule has 1 aromatic rings. The quantitative estimate of drug-likeness (QED) is 0.493. The van der Waals surface area contributed by atoms with E-state index in [2.05, 4.69) is 4.98 Å². The number of hydrogen-bond acceptors (Lipinski definition) is 4. The molecule has 0 spiro atoms. The molecule has 0 saturated carbocycles. The summed E-state index contributed by atoms with van der Waals surface area (Å²) in [4.78, 5) is 13.4. The van der Waals surface area contributed by atoms with Crippen LogP contribution in [0.25, 0.3) is 0 Å². The molecule has 0 unspecified atom stereocenters. The van der Waals surface area contributed by atoms with Crippen LogP contribution in [-0.2, 0) is 0 Å². The van der Waals surface area contributed by atoms with Crippen LogP contribution >= 0.6 is 0 Å². The van der Waals surface area contributed by atoms with Gasteiger partial charge in [-0.2, -0.15) is 0 Å². The maximum absolute atomic E-state index is 10.4. The fourth-order valence-corrected chi connectivity index (χ4v) is 0.913. The van der Waals surface area contributed by atoms with E-state index in [-0.39, 0.29) is 11.6 Å². The Bertz CT molecular complexity index is 312. The lowest BCUT2D eigenvalue weighted by atomic mass is 10.3. The first-order valence-corrected chi connectivity index (χ1v) is 3.30. The molecule has 5 heteroatoms. The molecule has 0 aromatic carbocycles. The van der Waals surface area contributed by atoms with Crippen molar-refractivity contribution < 1.29 is 9.66 Å². The van der Waals surface area contributed by atoms with Crippen LogP contribution < -0.4 is 4.74 Å². The second-order valence-electron chi connectivity index (χ2n) is 2.24. The minimum atomic E-state index is -0.564. The number of rotatable bonds is 2. The third-order valence-corrected chi connectivity index (χ3v) is 1.46. The molecule has 12 heavy (non-hydrogen) atoms. The highest BCUT2D eigenvalue weighted by molar-refractivity contribution is 5.44. The van der Waals surface area contributed by atoms with Gasteiger partial charge in [0.2, 0.25) is 5.75 Å². The lowest BCUT2D eigenvalue weighted by molar-refractivity contribution is -0.390. The summed E-state index contributed by atoms with van der Waals surface area (Å²) >= 11 is 0. The van der Waals surface area contributed by atoms with E-state index in [4.69, 9.17) is 4.74 Å². The third kappa shape index (κ3) is 1.34. The first-order chi connectivity index (χ1) is 5.66. The van der Waals surface area contributed by atoms with Gasteiger partial charge in [-0.3, -0.25) is 0 Å². The molecule has 1 aromatic heterocycles. The molecule has 0 fully saturated rings. The maximum Gasteiger partial charge on any atom is 0.406 e. The molecule has 1 rings (SSSR count). The van der Waals surface area contributed by atoms with Gasteiger partial charge < -0.3 is 14.9 Å². The minimum Gasteiger partial charge on any atom is -0.489 e. The Morgan fingerprint density at radius 1 is 1.67 bits per heavy atom. The van der Waals surface area contributed by atoms with Crippen molar-refractivity contribution in [3.63, 3.8) is 0 Å². The van der Waals surface area contributed by atoms with Crippen LogP contribution in [0.4, 0.5) is 5.82 Å². The van der Waals surface area contributed by atoms with Crippen LogP contribution in [-0.4, -0.2) is 17.0 Å². The number of pyridine rings is 1. The van der Waals surface area contributed by atoms with E-state index in [0.29, 0.717) is 5.56 Å². The summed E-state index contributed by atoms with van der Waals surface area (Å²) < 4.78 is 4.83. The summed E-state index contributed by atoms with van der Waals surface area (Å²) in [6.45, 7) is 1.73. The third-order valence-electron chi connectivity index (χ3n) is 1.46. The molecule has 0 N–H and O–H groups in total. The van der Waals surface area contributed by atoms with Crippen LogP contribution in [0.2, 0.25) is 0 Å². The fraction of sp³-hybridized carbons (Fsp3) is 0.286. The standard InChI is InChI=1S/C7H8N2O3/c1-5-3-4-8-7(9(10)11)6(5)12-2/h3-4H,1-2H3. The number of hydrogen-bond donors (Lipinski definition) is 0. The predicted molar refractivity (Wildman–Crippen MR) is 42.2 cm³/mol. The van der Waals surface area contributed by atoms with Crippen molar-refractivity contribution in [3.05, 3.63) is 27.9 Å². The predicted octanol–water partition coefficient (Wildman–Crippen LogP) is 1.31. The zero-order valence-electron chi connectivity index (χ0n) is 6.77. The Kier molecular flexibility index (Phi) is 2.23. The number of aromatic nitrogens is 1. The number of ether oxygens (including phenoxy) is 1. The number of nitro groups is 1. The van der Waals surface area contributed by atoms with E-state index in [0.717, 1.165) is 0 Å². The molecule has 1 heterocycles. The van der Waals surface area contributed by atoms with Gasteiger partial charge in [0.15, 0.2) is 0 Å². The van der Waals surface area contributed by atoms with E-state index in [1.165, 1.54) is 13.3 Å². The highest BCUT2D eigenvalue weighted by Crippen LogP contribution is 2.26. The molecule has 0 aliphatic rings. The molecule has 0 amide bonds. The highest BCUT2D eigenvalue weighted by atomic mass is 16.6. The SMILES string of the molecule is COc1c(C)ccnc1[N+](=O)[O-]. The van der Waals surface area contributed by atoms with Gasteiger partial charge in [-0.1, -0.05) is 0 Å². The zero-order chi connectivity index (χ0) is 9.14. The van der Waals surface area contributed by atoms with Crippen LogP contribution in [0.15, 0.2) is 12.3 Å². The van der Waals surface area contributed by atoms with Crippen LogP contribution in [0, 0.1) is 17.0 Å². The molecule has 5 nitrogen and oxygen atoms in total. The van der Waals surface area contributed by atoms with E-state index < -0.39 is 4.92 Å². The van der Waals surface area contributed by atoms with Gasteiger partial charge in [-0.25, -0.2) is 0 Å². The average molecular weight is 168 g/mol. The van der Waals surface area contributed by atoms with Gasteiger partial charge in [0.05, 0.1) is 7.11 Å². The van der Waals surface area contributed by atoms with Crippen LogP contribution in [0.3, 0.4) is 0 Å². The Morgan fingerprint density at radius 2 is 2.33 bits per heavy atom. The fourth-order valence-electron chi connectivity index (χ4n) is 0.913. The largest absolute Gasteiger partial charge is 0.489 e. The summed E-state index contributed by atoms with van der Waals surface area (Å²) in [5.74, 6) is -0.0139. The summed E-state index contributed by atoms with van der Waals surface area (Å²) in [5.41, 5.74) is 0.708. The van der Waals surface area contributed by atoms with Crippen LogP contribution in [0.5, 0.6) is 5.75 Å². The number of nitrogens with zero attached hydrogens (tertiary/aromatic N) is 2. The van der Waals surface area contributed by atoms with Crippen molar-refractivity contribution in [3.8, 4) is 5.75 Å². The number of methoxy groups -OCH3 is 1. The molecule has 0 aliphatic heterocycles. The van der Waals surface area contributed by atoms with Gasteiger partial charge in [0.1, 0.15) is 6.20 Å². The van der Waals surface area contributed by atoms with Gasteiger partial charge in [0.25, 0.3) is 0 Å². The molecule has 0 aliphatic carbocycles. The Morgan fingerprint density at radius 3 is 2.75 bits per heavy atom. The first-order valence-electron chi connectivity index (χ1n) is 3.30. The zero-order valence-corrected chi connectivity index (χ0v) is 6.77. The van der Waals surface area contributed by atoms with Gasteiger partial charge in [0, 0.05) is 5.56 Å². The van der Waals surface area contributed by atoms with Gasteiger partial charge >= 0.3 is 5.82 Å². The van der Waals surface area contributed by atoms with Crippen molar-refractivity contribution in [2.75, 3.05) is 7.11 Å². The summed E-state index contributed by atoms with van der Waals surface area (Å²) in [6.07, 6.45) is 1.38. The van der Waals surface area contributed by atoms with Gasteiger partial charge in [-0.05, 0) is 22.9 Å². The lowest BCUT2D eigenvalue weighted by Crippen LogP contribution is -1.97. The molecule has 0 radical (unpaired) electrons. The second-order valence-corrected chi connectivity index (χ2v) is 2.24. The van der Waals surface area contributed by atoms with Crippen molar-refractivity contribution in [2.24, 2.45) is 0 Å². The molecule has 64 valence electrons. The highest BCUT2D eigenvalue weighted by Gasteiger charge is 2.17. The lowest BCUT2D eigenvalue weighted by Gasteiger charge is -2.02. The van der Waals surface area contributed by atoms with E-state index in [1.54, 1.807) is 13.0 Å². The molecular formula is C7H8N2O3. The monoisotopic (exact) mass is 168 g/mol. The van der Waals surface area contributed by atoms with E-state index in [9.17, 15) is 10.1 Å². The maximum atomic E-state index is 10.4. The van der Waals surface area contributed by atoms with Crippen molar-refractivity contribution in [2.45, 2.75) is 6.92 Å². The Hall–Kier alpha value is -1.65. The van der Waals surface area contributed by atoms with Crippen molar-refractivity contribution in [1.82, 2.24) is 4.98 Å². The summed E-state index contributed by atoms with van der Waals surface area (Å²) in [5, 5.41) is 10.4. The van der Waals surface area contributed by atoms with Crippen LogP contribution in [0.1, 0.15) is 5.56 Å². The number of aryl methyl sites for hydroxylation is 1. The normalized spacial score (nSPS) is 9.50. The molecule has 0 saturated heterocycles. The molecule has 0 bridgehead atoms. The summed E-state index contributed by atoms with van der Waals surface area (Å²) in [6, 6.07) is 1.66. The van der Waals surface area contributed by atoms with E-state index in [1.807, 2.05) is 0 Å². The van der Waals surface area contributed by atoms with Gasteiger partial charge in [-0.15, -0.1) is 0 Å². The minimum absolute atomic E-state index is 0.225. The van der Waals surface area contributed by atoms with Crippen molar-refractivity contribution in [1.29, 1.82) is 0 Å². The topological polar surface area (TPSA) is 65.3 Å². The summed E-state index contributed by atoms with van der Waals surface area (Å²) in [7, 11) is 1.39. The molecule has 0 atom stereocenters. The average Bonchev–Trinajstić information content (AvgIpc) is 2.03. The van der Waals surface area contributed by atoms with Crippen molar-refractivity contribution >= 4 is 5.82 Å². The van der Waals surface area contributed by atoms with E-state index >= 15 is 0 Å². The molecular weight excluding hydrogens is 160 g/mol. The Balaban J connectivity index is 3.27. The smallest absolute Gasteiger partial charge is 0.406 e. The first kappa shape index (κ1) is 8.45. The Labute approximate surface area is 69.1 Å².